The predicted octanol–water partition coefficient (Wildman–Crippen LogP) is 1.49. The van der Waals surface area contributed by atoms with Crippen LogP contribution in [0.15, 0.2) is 12.4 Å². The lowest BCUT2D eigenvalue weighted by atomic mass is 9.90. The first-order chi connectivity index (χ1) is 10.4. The molecule has 0 radical (unpaired) electrons. The lowest BCUT2D eigenvalue weighted by molar-refractivity contribution is -0.135. The molecular formula is C16H29ClN4O2. The van der Waals surface area contributed by atoms with Gasteiger partial charge in [0.2, 0.25) is 5.91 Å². The van der Waals surface area contributed by atoms with Gasteiger partial charge >= 0.3 is 0 Å². The number of piperidine rings is 1. The molecule has 0 saturated carbocycles. The fourth-order valence-electron chi connectivity index (χ4n) is 3.15. The summed E-state index contributed by atoms with van der Waals surface area (Å²) < 4.78 is 1.85. The van der Waals surface area contributed by atoms with Crippen LogP contribution in [0.3, 0.4) is 0 Å². The highest BCUT2D eigenvalue weighted by Crippen LogP contribution is 2.30. The van der Waals surface area contributed by atoms with Gasteiger partial charge in [-0.2, -0.15) is 0 Å². The fourth-order valence-corrected chi connectivity index (χ4v) is 3.15. The van der Waals surface area contributed by atoms with Gasteiger partial charge in [0.25, 0.3) is 0 Å². The molecule has 0 aromatic carbocycles. The SMILES string of the molecule is CC(C)C[C@H](N)C(=O)N1CCC(C(O)c2nccn2C)CC1.Cl. The highest BCUT2D eigenvalue weighted by molar-refractivity contribution is 5.85. The second-order valence-electron chi connectivity index (χ2n) is 6.74. The number of aliphatic hydroxyl groups excluding tert-OH is 1. The standard InChI is InChI=1S/C16H28N4O2.ClH/c1-11(2)10-13(17)16(22)20-7-4-12(5-8-20)14(21)15-18-6-9-19(15)3;/h6,9,11-14,21H,4-5,7-8,10,17H2,1-3H3;1H/t13-,14?;/m0./s1. The van der Waals surface area contributed by atoms with Gasteiger partial charge in [0.1, 0.15) is 11.9 Å². The number of halogens is 1. The number of aliphatic hydroxyl groups is 1. The van der Waals surface area contributed by atoms with E-state index >= 15 is 0 Å². The van der Waals surface area contributed by atoms with Crippen molar-refractivity contribution in [2.75, 3.05) is 13.1 Å². The highest BCUT2D eigenvalue weighted by atomic mass is 35.5. The molecule has 1 fully saturated rings. The number of nitrogens with two attached hydrogens (primary N) is 1. The number of aryl methyl sites for hydroxylation is 1. The Balaban J connectivity index is 0.00000264. The molecule has 1 aliphatic rings. The molecule has 2 heterocycles. The van der Waals surface area contributed by atoms with Gasteiger partial charge in [0.15, 0.2) is 0 Å². The van der Waals surface area contributed by atoms with Crippen LogP contribution in [0.1, 0.15) is 45.0 Å². The van der Waals surface area contributed by atoms with Crippen molar-refractivity contribution in [3.63, 3.8) is 0 Å². The van der Waals surface area contributed by atoms with Gasteiger partial charge in [-0.1, -0.05) is 13.8 Å². The molecular weight excluding hydrogens is 316 g/mol. The average molecular weight is 345 g/mol. The second-order valence-corrected chi connectivity index (χ2v) is 6.74. The Labute approximate surface area is 144 Å². The van der Waals surface area contributed by atoms with Gasteiger partial charge in [-0.15, -0.1) is 12.4 Å². The molecule has 1 unspecified atom stereocenters. The van der Waals surface area contributed by atoms with Crippen molar-refractivity contribution in [2.24, 2.45) is 24.6 Å². The summed E-state index contributed by atoms with van der Waals surface area (Å²) in [6, 6.07) is -0.406. The summed E-state index contributed by atoms with van der Waals surface area (Å²) in [5, 5.41) is 10.5. The number of hydrogen-bond donors (Lipinski definition) is 2. The first kappa shape index (κ1) is 19.9. The van der Waals surface area contributed by atoms with E-state index in [1.807, 2.05) is 22.7 Å². The monoisotopic (exact) mass is 344 g/mol. The molecule has 6 nitrogen and oxygen atoms in total. The number of carbonyl (C=O) groups is 1. The van der Waals surface area contributed by atoms with Crippen LogP contribution in [0, 0.1) is 11.8 Å². The zero-order valence-electron chi connectivity index (χ0n) is 14.2. The molecule has 0 bridgehead atoms. The summed E-state index contributed by atoms with van der Waals surface area (Å²) >= 11 is 0. The Kier molecular flexibility index (Phi) is 7.51. The third kappa shape index (κ3) is 4.93. The van der Waals surface area contributed by atoms with Crippen LogP contribution in [-0.2, 0) is 11.8 Å². The third-order valence-electron chi connectivity index (χ3n) is 4.46. The van der Waals surface area contributed by atoms with Crippen molar-refractivity contribution in [2.45, 2.75) is 45.3 Å². The Morgan fingerprint density at radius 3 is 2.52 bits per heavy atom. The maximum Gasteiger partial charge on any atom is 0.239 e. The minimum Gasteiger partial charge on any atom is -0.385 e. The number of imidazole rings is 1. The summed E-state index contributed by atoms with van der Waals surface area (Å²) in [6.45, 7) is 5.47. The van der Waals surface area contributed by atoms with Crippen molar-refractivity contribution in [1.82, 2.24) is 14.5 Å². The Morgan fingerprint density at radius 2 is 2.04 bits per heavy atom. The zero-order chi connectivity index (χ0) is 16.3. The molecule has 7 heteroatoms. The number of likely N-dealkylation sites (tertiary alicyclic amines) is 1. The van der Waals surface area contributed by atoms with Crippen LogP contribution in [0.5, 0.6) is 0 Å². The van der Waals surface area contributed by atoms with E-state index in [9.17, 15) is 9.90 Å². The van der Waals surface area contributed by atoms with E-state index in [2.05, 4.69) is 18.8 Å². The van der Waals surface area contributed by atoms with E-state index in [1.54, 1.807) is 6.20 Å². The Hall–Kier alpha value is -1.11. The Morgan fingerprint density at radius 1 is 1.43 bits per heavy atom. The molecule has 0 aliphatic carbocycles. The van der Waals surface area contributed by atoms with E-state index in [4.69, 9.17) is 5.73 Å². The van der Waals surface area contributed by atoms with Gasteiger partial charge < -0.3 is 20.3 Å². The van der Waals surface area contributed by atoms with Gasteiger partial charge in [-0.3, -0.25) is 4.79 Å². The quantitative estimate of drug-likeness (QED) is 0.847. The van der Waals surface area contributed by atoms with Crippen molar-refractivity contribution >= 4 is 18.3 Å². The van der Waals surface area contributed by atoms with Crippen LogP contribution in [0.25, 0.3) is 0 Å². The molecule has 23 heavy (non-hydrogen) atoms. The highest BCUT2D eigenvalue weighted by Gasteiger charge is 2.31. The summed E-state index contributed by atoms with van der Waals surface area (Å²) in [5.41, 5.74) is 5.99. The predicted molar refractivity (Wildman–Crippen MR) is 92.2 cm³/mol. The maximum absolute atomic E-state index is 12.3. The summed E-state index contributed by atoms with van der Waals surface area (Å²) in [5.74, 6) is 1.30. The smallest absolute Gasteiger partial charge is 0.239 e. The van der Waals surface area contributed by atoms with Crippen molar-refractivity contribution in [3.8, 4) is 0 Å². The van der Waals surface area contributed by atoms with E-state index in [0.717, 1.165) is 12.8 Å². The second kappa shape index (κ2) is 8.66. The summed E-state index contributed by atoms with van der Waals surface area (Å²) in [7, 11) is 1.88. The molecule has 1 aromatic rings. The van der Waals surface area contributed by atoms with Crippen molar-refractivity contribution in [3.05, 3.63) is 18.2 Å². The van der Waals surface area contributed by atoms with Gasteiger partial charge in [-0.25, -0.2) is 4.98 Å². The van der Waals surface area contributed by atoms with Gasteiger partial charge in [0.05, 0.1) is 6.04 Å². The topological polar surface area (TPSA) is 84.4 Å². The molecule has 1 amide bonds. The van der Waals surface area contributed by atoms with Crippen molar-refractivity contribution < 1.29 is 9.90 Å². The van der Waals surface area contributed by atoms with Crippen LogP contribution in [0.2, 0.25) is 0 Å². The zero-order valence-corrected chi connectivity index (χ0v) is 15.0. The van der Waals surface area contributed by atoms with Gasteiger partial charge in [-0.05, 0) is 31.1 Å². The van der Waals surface area contributed by atoms with Crippen LogP contribution in [-0.4, -0.2) is 44.6 Å². The molecule has 2 rings (SSSR count). The van der Waals surface area contributed by atoms with E-state index < -0.39 is 12.1 Å². The van der Waals surface area contributed by atoms with Gasteiger partial charge in [0, 0.05) is 32.5 Å². The number of rotatable bonds is 5. The van der Waals surface area contributed by atoms with Crippen molar-refractivity contribution in [1.29, 1.82) is 0 Å². The molecule has 1 saturated heterocycles. The lowest BCUT2D eigenvalue weighted by Gasteiger charge is -2.35. The van der Waals surface area contributed by atoms with E-state index in [-0.39, 0.29) is 24.2 Å². The fraction of sp³-hybridized carbons (Fsp3) is 0.750. The molecule has 2 atom stereocenters. The number of carbonyl (C=O) groups excluding carboxylic acids is 1. The minimum absolute atomic E-state index is 0. The number of amides is 1. The molecule has 132 valence electrons. The molecule has 0 spiro atoms. The number of hydrogen-bond acceptors (Lipinski definition) is 4. The largest absolute Gasteiger partial charge is 0.385 e. The average Bonchev–Trinajstić information content (AvgIpc) is 2.91. The summed E-state index contributed by atoms with van der Waals surface area (Å²) in [4.78, 5) is 18.4. The Bertz CT molecular complexity index is 498. The summed E-state index contributed by atoms with van der Waals surface area (Å²) in [6.07, 6.45) is 5.25. The maximum atomic E-state index is 12.3. The first-order valence-electron chi connectivity index (χ1n) is 8.09. The van der Waals surface area contributed by atoms with E-state index in [0.29, 0.717) is 31.3 Å². The normalized spacial score (nSPS) is 18.6. The van der Waals surface area contributed by atoms with E-state index in [1.165, 1.54) is 0 Å². The number of nitrogens with zero attached hydrogens (tertiary/aromatic N) is 3. The molecule has 1 aromatic heterocycles. The van der Waals surface area contributed by atoms with Crippen LogP contribution < -0.4 is 5.73 Å². The van der Waals surface area contributed by atoms with Crippen LogP contribution >= 0.6 is 12.4 Å². The molecule has 3 N–H and O–H groups in total. The molecule has 1 aliphatic heterocycles. The number of aromatic nitrogens is 2. The van der Waals surface area contributed by atoms with Crippen LogP contribution in [0.4, 0.5) is 0 Å². The lowest BCUT2D eigenvalue weighted by Crippen LogP contribution is -2.48. The first-order valence-corrected chi connectivity index (χ1v) is 8.09. The minimum atomic E-state index is -0.568. The third-order valence-corrected chi connectivity index (χ3v) is 4.46.